The van der Waals surface area contributed by atoms with Gasteiger partial charge in [-0.2, -0.15) is 0 Å². The summed E-state index contributed by atoms with van der Waals surface area (Å²) in [5, 5.41) is 8.64. The zero-order valence-corrected chi connectivity index (χ0v) is 11.1. The molecule has 3 rings (SSSR count). The molecule has 2 aliphatic heterocycles. The number of para-hydroxylation sites is 1. The molecule has 0 saturated carbocycles. The van der Waals surface area contributed by atoms with Crippen LogP contribution in [-0.2, 0) is 14.4 Å². The van der Waals surface area contributed by atoms with E-state index in [-0.39, 0.29) is 5.75 Å². The van der Waals surface area contributed by atoms with E-state index in [0.29, 0.717) is 5.75 Å². The van der Waals surface area contributed by atoms with E-state index in [1.165, 1.54) is 11.8 Å². The van der Waals surface area contributed by atoms with E-state index in [1.807, 2.05) is 6.07 Å². The normalized spacial score (nSPS) is 28.6. The highest BCUT2D eigenvalue weighted by Gasteiger charge is 2.58. The average molecular weight is 293 g/mol. The number of carbonyl (C=O) groups is 3. The van der Waals surface area contributed by atoms with Gasteiger partial charge in [0.2, 0.25) is 6.10 Å². The second kappa shape index (κ2) is 4.82. The van der Waals surface area contributed by atoms with Gasteiger partial charge in [-0.15, -0.1) is 11.8 Å². The number of hydrogen-bond acceptors (Lipinski definition) is 5. The smallest absolute Gasteiger partial charge is 0.334 e. The summed E-state index contributed by atoms with van der Waals surface area (Å²) >= 11 is 1.24. The first kappa shape index (κ1) is 13.0. The predicted octanol–water partition coefficient (Wildman–Crippen LogP) is 0.371. The molecule has 1 amide bonds. The first-order chi connectivity index (χ1) is 9.59. The lowest BCUT2D eigenvalue weighted by Gasteiger charge is -2.50. The number of aliphatic carboxylic acids is 1. The number of rotatable bonds is 3. The van der Waals surface area contributed by atoms with Gasteiger partial charge in [0.05, 0.1) is 5.75 Å². The number of amides is 1. The number of Topliss-reactive ketones (excluding diaryl/α,β-unsaturated/α-hetero) is 1. The number of carboxylic acid groups (broad SMARTS) is 1. The molecular formula is C13H11NO5S. The third-order valence-corrected chi connectivity index (χ3v) is 4.52. The van der Waals surface area contributed by atoms with Gasteiger partial charge in [-0.05, 0) is 12.1 Å². The molecule has 0 spiro atoms. The second-order valence-corrected chi connectivity index (χ2v) is 5.61. The number of β-lactam (4-membered cyclic amide) rings is 1. The Labute approximate surface area is 118 Å². The van der Waals surface area contributed by atoms with Gasteiger partial charge < -0.3 is 14.7 Å². The zero-order valence-electron chi connectivity index (χ0n) is 10.3. The summed E-state index contributed by atoms with van der Waals surface area (Å²) < 4.78 is 5.58. The van der Waals surface area contributed by atoms with E-state index in [1.54, 1.807) is 24.3 Å². The van der Waals surface area contributed by atoms with Crippen molar-refractivity contribution in [3.8, 4) is 5.75 Å². The molecule has 1 aromatic carbocycles. The van der Waals surface area contributed by atoms with Crippen LogP contribution in [0.1, 0.15) is 0 Å². The largest absolute Gasteiger partial charge is 0.479 e. The fraction of sp³-hybridized carbons (Fsp3) is 0.308. The molecule has 7 heteroatoms. The quantitative estimate of drug-likeness (QED) is 0.640. The number of ether oxygens (including phenoxy) is 1. The van der Waals surface area contributed by atoms with Crippen molar-refractivity contribution in [3.05, 3.63) is 30.3 Å². The first-order valence-corrected chi connectivity index (χ1v) is 7.05. The average Bonchev–Trinajstić information content (AvgIpc) is 2.45. The molecule has 2 aliphatic rings. The van der Waals surface area contributed by atoms with Crippen molar-refractivity contribution < 1.29 is 24.2 Å². The Kier molecular flexibility index (Phi) is 3.13. The van der Waals surface area contributed by atoms with Crippen LogP contribution in [-0.4, -0.2) is 50.9 Å². The van der Waals surface area contributed by atoms with Crippen molar-refractivity contribution in [3.63, 3.8) is 0 Å². The molecule has 2 heterocycles. The molecule has 0 aromatic heterocycles. The fourth-order valence-electron chi connectivity index (χ4n) is 2.31. The molecule has 0 aliphatic carbocycles. The Balaban J connectivity index is 1.77. The van der Waals surface area contributed by atoms with Crippen LogP contribution in [0.3, 0.4) is 0 Å². The van der Waals surface area contributed by atoms with Crippen LogP contribution in [0.5, 0.6) is 5.75 Å². The highest BCUT2D eigenvalue weighted by Crippen LogP contribution is 2.38. The van der Waals surface area contributed by atoms with Crippen LogP contribution in [0.25, 0.3) is 0 Å². The second-order valence-electron chi connectivity index (χ2n) is 4.51. The lowest BCUT2D eigenvalue weighted by Crippen LogP contribution is -2.73. The van der Waals surface area contributed by atoms with Crippen LogP contribution in [0, 0.1) is 0 Å². The minimum Gasteiger partial charge on any atom is -0.479 e. The third-order valence-electron chi connectivity index (χ3n) is 3.25. The standard InChI is InChI=1S/C13H11NO5S/c15-8-6-20-12-10(19-7-4-2-1-3-5-7)11(16)14(12)9(8)13(17)18/h1-5,9-10,12H,6H2,(H,17,18)/t9?,10?,12-/m0/s1. The Hall–Kier alpha value is -2.02. The minimum absolute atomic E-state index is 0.0834. The molecule has 20 heavy (non-hydrogen) atoms. The van der Waals surface area contributed by atoms with Crippen LogP contribution in [0.2, 0.25) is 0 Å². The van der Waals surface area contributed by atoms with E-state index in [2.05, 4.69) is 0 Å². The summed E-state index contributed by atoms with van der Waals surface area (Å²) in [5.41, 5.74) is 0. The Morgan fingerprint density at radius 3 is 2.65 bits per heavy atom. The van der Waals surface area contributed by atoms with Gasteiger partial charge in [0.1, 0.15) is 11.1 Å². The Morgan fingerprint density at radius 1 is 1.30 bits per heavy atom. The number of hydrogen-bond donors (Lipinski definition) is 1. The summed E-state index contributed by atoms with van der Waals surface area (Å²) in [6, 6.07) is 7.48. The number of thioether (sulfide) groups is 1. The topological polar surface area (TPSA) is 83.9 Å². The van der Waals surface area contributed by atoms with Crippen LogP contribution in [0.4, 0.5) is 0 Å². The summed E-state index contributed by atoms with van der Waals surface area (Å²) in [4.78, 5) is 35.8. The molecule has 3 atom stereocenters. The number of ketones is 1. The Morgan fingerprint density at radius 2 is 2.00 bits per heavy atom. The number of carboxylic acids is 1. The van der Waals surface area contributed by atoms with E-state index < -0.39 is 35.2 Å². The molecule has 2 saturated heterocycles. The molecule has 6 nitrogen and oxygen atoms in total. The summed E-state index contributed by atoms with van der Waals surface area (Å²) in [7, 11) is 0. The summed E-state index contributed by atoms with van der Waals surface area (Å²) in [6.07, 6.45) is -0.725. The zero-order chi connectivity index (χ0) is 14.3. The molecule has 1 aromatic rings. The van der Waals surface area contributed by atoms with Crippen molar-refractivity contribution in [2.75, 3.05) is 5.75 Å². The molecule has 0 radical (unpaired) electrons. The van der Waals surface area contributed by atoms with Crippen molar-refractivity contribution in [2.24, 2.45) is 0 Å². The van der Waals surface area contributed by atoms with Crippen LogP contribution < -0.4 is 4.74 Å². The van der Waals surface area contributed by atoms with Crippen molar-refractivity contribution in [1.82, 2.24) is 4.90 Å². The van der Waals surface area contributed by atoms with Crippen molar-refractivity contribution >= 4 is 29.4 Å². The minimum atomic E-state index is -1.37. The van der Waals surface area contributed by atoms with Gasteiger partial charge in [0.15, 0.2) is 11.8 Å². The number of carbonyl (C=O) groups excluding carboxylic acids is 2. The highest BCUT2D eigenvalue weighted by atomic mass is 32.2. The maximum Gasteiger partial charge on any atom is 0.334 e. The van der Waals surface area contributed by atoms with Gasteiger partial charge in [0, 0.05) is 0 Å². The van der Waals surface area contributed by atoms with Gasteiger partial charge in [-0.1, -0.05) is 18.2 Å². The number of nitrogens with zero attached hydrogens (tertiary/aromatic N) is 1. The number of fused-ring (bicyclic) bond motifs is 1. The van der Waals surface area contributed by atoms with E-state index in [4.69, 9.17) is 9.84 Å². The SMILES string of the molecule is O=C(O)C1C(=O)CS[C@H]2C(Oc3ccccc3)C(=O)N12. The van der Waals surface area contributed by atoms with E-state index >= 15 is 0 Å². The predicted molar refractivity (Wildman–Crippen MR) is 70.4 cm³/mol. The van der Waals surface area contributed by atoms with Crippen LogP contribution >= 0.6 is 11.8 Å². The first-order valence-electron chi connectivity index (χ1n) is 6.00. The summed E-state index contributed by atoms with van der Waals surface area (Å²) in [5.74, 6) is -1.56. The molecule has 104 valence electrons. The molecule has 0 bridgehead atoms. The van der Waals surface area contributed by atoms with E-state index in [0.717, 1.165) is 4.90 Å². The molecule has 1 N–H and O–H groups in total. The van der Waals surface area contributed by atoms with Gasteiger partial charge in [-0.25, -0.2) is 4.79 Å². The van der Waals surface area contributed by atoms with Gasteiger partial charge in [-0.3, -0.25) is 9.59 Å². The maximum atomic E-state index is 12.0. The Bertz CT molecular complexity index is 575. The van der Waals surface area contributed by atoms with Crippen molar-refractivity contribution in [2.45, 2.75) is 17.5 Å². The maximum absolute atomic E-state index is 12.0. The monoisotopic (exact) mass is 293 g/mol. The molecule has 2 unspecified atom stereocenters. The lowest BCUT2D eigenvalue weighted by molar-refractivity contribution is -0.171. The highest BCUT2D eigenvalue weighted by molar-refractivity contribution is 8.00. The van der Waals surface area contributed by atoms with Crippen LogP contribution in [0.15, 0.2) is 30.3 Å². The lowest BCUT2D eigenvalue weighted by atomic mass is 10.0. The summed E-state index contributed by atoms with van der Waals surface area (Å²) in [6.45, 7) is 0. The van der Waals surface area contributed by atoms with Gasteiger partial charge in [0.25, 0.3) is 5.91 Å². The molecular weight excluding hydrogens is 282 g/mol. The molecule has 2 fully saturated rings. The fourth-order valence-corrected chi connectivity index (χ4v) is 3.54. The third kappa shape index (κ3) is 1.94. The van der Waals surface area contributed by atoms with Crippen molar-refractivity contribution in [1.29, 1.82) is 0 Å². The van der Waals surface area contributed by atoms with Gasteiger partial charge >= 0.3 is 5.97 Å². The van der Waals surface area contributed by atoms with E-state index in [9.17, 15) is 14.4 Å². The number of benzene rings is 1.